The van der Waals surface area contributed by atoms with Gasteiger partial charge in [0.2, 0.25) is 0 Å². The molecule has 0 amide bonds. The zero-order valence-corrected chi connectivity index (χ0v) is 11.8. The Hall–Kier alpha value is -0.0800. The standard InChI is InChI=1S/C16H28O2/c1-13-6-5-10-16(13,17)14-7-11-18-15(12-14)8-3-2-4-9-15/h13-14,17H,2-12H2,1H3. The Labute approximate surface area is 111 Å². The first-order chi connectivity index (χ1) is 8.65. The molecule has 0 bridgehead atoms. The summed E-state index contributed by atoms with van der Waals surface area (Å²) in [6, 6.07) is 0. The van der Waals surface area contributed by atoms with Crippen molar-refractivity contribution in [1.29, 1.82) is 0 Å². The van der Waals surface area contributed by atoms with Crippen molar-refractivity contribution in [2.45, 2.75) is 82.3 Å². The lowest BCUT2D eigenvalue weighted by molar-refractivity contribution is -0.163. The second-order valence-corrected chi connectivity index (χ2v) is 7.07. The highest BCUT2D eigenvalue weighted by Crippen LogP contribution is 2.49. The summed E-state index contributed by atoms with van der Waals surface area (Å²) >= 11 is 0. The Morgan fingerprint density at radius 3 is 2.44 bits per heavy atom. The Kier molecular flexibility index (Phi) is 3.44. The zero-order valence-electron chi connectivity index (χ0n) is 11.8. The molecule has 2 heteroatoms. The fourth-order valence-corrected chi connectivity index (χ4v) is 4.79. The molecule has 0 aromatic carbocycles. The molecular formula is C16H28O2. The Balaban J connectivity index is 1.73. The van der Waals surface area contributed by atoms with Crippen molar-refractivity contribution >= 4 is 0 Å². The third kappa shape index (κ3) is 2.12. The fourth-order valence-electron chi connectivity index (χ4n) is 4.79. The van der Waals surface area contributed by atoms with E-state index in [1.807, 2.05) is 0 Å². The minimum absolute atomic E-state index is 0.138. The van der Waals surface area contributed by atoms with Crippen molar-refractivity contribution in [3.8, 4) is 0 Å². The smallest absolute Gasteiger partial charge is 0.0703 e. The van der Waals surface area contributed by atoms with Gasteiger partial charge in [-0.3, -0.25) is 0 Å². The van der Waals surface area contributed by atoms with Crippen LogP contribution in [0.3, 0.4) is 0 Å². The summed E-state index contributed by atoms with van der Waals surface area (Å²) in [6.07, 6.45) is 12.1. The van der Waals surface area contributed by atoms with Gasteiger partial charge in [0, 0.05) is 6.61 Å². The van der Waals surface area contributed by atoms with Crippen LogP contribution in [0.4, 0.5) is 0 Å². The van der Waals surface area contributed by atoms with E-state index in [9.17, 15) is 5.11 Å². The van der Waals surface area contributed by atoms with E-state index in [2.05, 4.69) is 6.92 Å². The molecule has 3 aliphatic rings. The summed E-state index contributed by atoms with van der Waals surface area (Å²) in [4.78, 5) is 0. The van der Waals surface area contributed by atoms with Crippen LogP contribution < -0.4 is 0 Å². The van der Waals surface area contributed by atoms with E-state index in [-0.39, 0.29) is 11.2 Å². The molecule has 1 N–H and O–H groups in total. The van der Waals surface area contributed by atoms with Crippen LogP contribution in [0.2, 0.25) is 0 Å². The maximum absolute atomic E-state index is 11.0. The SMILES string of the molecule is CC1CCCC1(O)C1CCOC2(CCCCC2)C1. The third-order valence-corrected chi connectivity index (χ3v) is 6.03. The molecule has 3 atom stereocenters. The minimum atomic E-state index is -0.381. The van der Waals surface area contributed by atoms with Crippen LogP contribution in [0.1, 0.15) is 71.1 Å². The average molecular weight is 252 g/mol. The molecule has 3 rings (SSSR count). The van der Waals surface area contributed by atoms with Gasteiger partial charge in [-0.25, -0.2) is 0 Å². The molecular weight excluding hydrogens is 224 g/mol. The molecule has 104 valence electrons. The van der Waals surface area contributed by atoms with Crippen molar-refractivity contribution in [3.05, 3.63) is 0 Å². The van der Waals surface area contributed by atoms with Crippen LogP contribution in [0.5, 0.6) is 0 Å². The van der Waals surface area contributed by atoms with E-state index in [4.69, 9.17) is 4.74 Å². The van der Waals surface area contributed by atoms with Gasteiger partial charge in [0.15, 0.2) is 0 Å². The fraction of sp³-hybridized carbons (Fsp3) is 1.00. The molecule has 3 unspecified atom stereocenters. The van der Waals surface area contributed by atoms with Gasteiger partial charge in [0.25, 0.3) is 0 Å². The van der Waals surface area contributed by atoms with E-state index < -0.39 is 0 Å². The summed E-state index contributed by atoms with van der Waals surface area (Å²) in [6.45, 7) is 3.12. The maximum Gasteiger partial charge on any atom is 0.0703 e. The molecule has 3 fully saturated rings. The van der Waals surface area contributed by atoms with Crippen LogP contribution in [-0.2, 0) is 4.74 Å². The van der Waals surface area contributed by atoms with Crippen molar-refractivity contribution < 1.29 is 9.84 Å². The molecule has 1 heterocycles. The average Bonchev–Trinajstić information content (AvgIpc) is 2.72. The van der Waals surface area contributed by atoms with Crippen molar-refractivity contribution in [2.75, 3.05) is 6.61 Å². The number of rotatable bonds is 1. The normalized spacial score (nSPS) is 44.3. The van der Waals surface area contributed by atoms with Crippen LogP contribution in [-0.4, -0.2) is 22.9 Å². The number of hydrogen-bond acceptors (Lipinski definition) is 2. The summed E-state index contributed by atoms with van der Waals surface area (Å²) in [7, 11) is 0. The predicted molar refractivity (Wildman–Crippen MR) is 72.5 cm³/mol. The van der Waals surface area contributed by atoms with Gasteiger partial charge in [-0.05, 0) is 50.4 Å². The first-order valence-electron chi connectivity index (χ1n) is 8.01. The largest absolute Gasteiger partial charge is 0.389 e. The summed E-state index contributed by atoms with van der Waals surface area (Å²) in [5.41, 5.74) is -0.243. The lowest BCUT2D eigenvalue weighted by Crippen LogP contribution is -2.50. The highest BCUT2D eigenvalue weighted by Gasteiger charge is 2.50. The molecule has 2 aliphatic carbocycles. The highest BCUT2D eigenvalue weighted by atomic mass is 16.5. The van der Waals surface area contributed by atoms with Crippen LogP contribution >= 0.6 is 0 Å². The minimum Gasteiger partial charge on any atom is -0.389 e. The number of ether oxygens (including phenoxy) is 1. The maximum atomic E-state index is 11.0. The molecule has 1 spiro atoms. The summed E-state index contributed by atoms with van der Waals surface area (Å²) in [5, 5.41) is 11.0. The van der Waals surface area contributed by atoms with Gasteiger partial charge < -0.3 is 9.84 Å². The molecule has 0 aromatic heterocycles. The second kappa shape index (κ2) is 4.79. The monoisotopic (exact) mass is 252 g/mol. The molecule has 0 aromatic rings. The second-order valence-electron chi connectivity index (χ2n) is 7.07. The van der Waals surface area contributed by atoms with E-state index in [1.54, 1.807) is 0 Å². The molecule has 2 nitrogen and oxygen atoms in total. The van der Waals surface area contributed by atoms with Gasteiger partial charge in [-0.15, -0.1) is 0 Å². The van der Waals surface area contributed by atoms with Crippen molar-refractivity contribution in [2.24, 2.45) is 11.8 Å². The molecule has 0 radical (unpaired) electrons. The first-order valence-corrected chi connectivity index (χ1v) is 8.01. The van der Waals surface area contributed by atoms with E-state index in [1.165, 1.54) is 44.9 Å². The third-order valence-electron chi connectivity index (χ3n) is 6.03. The molecule has 1 saturated heterocycles. The van der Waals surface area contributed by atoms with Crippen LogP contribution in [0, 0.1) is 11.8 Å². The van der Waals surface area contributed by atoms with E-state index >= 15 is 0 Å². The number of aliphatic hydroxyl groups is 1. The van der Waals surface area contributed by atoms with E-state index in [0.29, 0.717) is 11.8 Å². The van der Waals surface area contributed by atoms with Gasteiger partial charge in [-0.2, -0.15) is 0 Å². The quantitative estimate of drug-likeness (QED) is 0.771. The van der Waals surface area contributed by atoms with Crippen molar-refractivity contribution in [1.82, 2.24) is 0 Å². The van der Waals surface area contributed by atoms with Gasteiger partial charge in [-0.1, -0.05) is 32.6 Å². The molecule has 2 saturated carbocycles. The molecule has 18 heavy (non-hydrogen) atoms. The lowest BCUT2D eigenvalue weighted by atomic mass is 9.68. The summed E-state index contributed by atoms with van der Waals surface area (Å²) in [5.74, 6) is 0.975. The van der Waals surface area contributed by atoms with Gasteiger partial charge >= 0.3 is 0 Å². The van der Waals surface area contributed by atoms with E-state index in [0.717, 1.165) is 25.9 Å². The molecule has 1 aliphatic heterocycles. The zero-order chi connectivity index (χ0) is 12.6. The van der Waals surface area contributed by atoms with Gasteiger partial charge in [0.05, 0.1) is 11.2 Å². The topological polar surface area (TPSA) is 29.5 Å². The van der Waals surface area contributed by atoms with Crippen LogP contribution in [0.15, 0.2) is 0 Å². The predicted octanol–water partition coefficient (Wildman–Crippen LogP) is 3.67. The highest BCUT2D eigenvalue weighted by molar-refractivity contribution is 5.01. The lowest BCUT2D eigenvalue weighted by Gasteiger charge is -2.48. The number of hydrogen-bond donors (Lipinski definition) is 1. The Morgan fingerprint density at radius 2 is 1.78 bits per heavy atom. The van der Waals surface area contributed by atoms with Gasteiger partial charge in [0.1, 0.15) is 0 Å². The first kappa shape index (κ1) is 12.9. The Bertz CT molecular complexity index is 290. The summed E-state index contributed by atoms with van der Waals surface area (Å²) < 4.78 is 6.17. The Morgan fingerprint density at radius 1 is 1.00 bits per heavy atom. The van der Waals surface area contributed by atoms with Crippen LogP contribution in [0.25, 0.3) is 0 Å². The van der Waals surface area contributed by atoms with Crippen molar-refractivity contribution in [3.63, 3.8) is 0 Å².